The fraction of sp³-hybridized carbons (Fsp3) is 0.190. The maximum absolute atomic E-state index is 9.65. The van der Waals surface area contributed by atoms with Crippen LogP contribution in [0.3, 0.4) is 0 Å². The monoisotopic (exact) mass is 425 g/mol. The summed E-state index contributed by atoms with van der Waals surface area (Å²) in [6.07, 6.45) is 1.52. The second-order valence-corrected chi connectivity index (χ2v) is 7.31. The number of ether oxygens (including phenoxy) is 1. The summed E-state index contributed by atoms with van der Waals surface area (Å²) in [6.45, 7) is 2.06. The minimum Gasteiger partial charge on any atom is -0.383 e. The number of hydrogen-bond donors (Lipinski definition) is 2. The maximum Gasteiger partial charge on any atom is 0.142 e. The number of nitrogens with two attached hydrogens (primary N) is 1. The predicted octanol–water partition coefficient (Wildman–Crippen LogP) is 4.23. The van der Waals surface area contributed by atoms with E-state index < -0.39 is 0 Å². The number of morpholine rings is 1. The summed E-state index contributed by atoms with van der Waals surface area (Å²) >= 11 is 12.6. The number of aromatic nitrogens is 2. The molecule has 0 aliphatic carbocycles. The van der Waals surface area contributed by atoms with Crippen LogP contribution in [-0.4, -0.2) is 29.7 Å². The number of pyridine rings is 2. The number of nitrogens with one attached hydrogen (secondary N) is 1. The lowest BCUT2D eigenvalue weighted by atomic mass is 9.97. The summed E-state index contributed by atoms with van der Waals surface area (Å²) < 4.78 is 5.88. The number of benzene rings is 1. The van der Waals surface area contributed by atoms with Gasteiger partial charge in [0, 0.05) is 36.0 Å². The molecule has 3 heterocycles. The van der Waals surface area contributed by atoms with Gasteiger partial charge in [0.25, 0.3) is 0 Å². The highest BCUT2D eigenvalue weighted by Gasteiger charge is 2.23. The minimum atomic E-state index is -0.197. The van der Waals surface area contributed by atoms with Crippen molar-refractivity contribution in [2.24, 2.45) is 0 Å². The molecule has 1 atom stereocenters. The van der Waals surface area contributed by atoms with Crippen LogP contribution >= 0.6 is 23.2 Å². The summed E-state index contributed by atoms with van der Waals surface area (Å²) in [6, 6.07) is 12.9. The maximum atomic E-state index is 9.65. The lowest BCUT2D eigenvalue weighted by molar-refractivity contribution is 0.0254. The lowest BCUT2D eigenvalue weighted by Crippen LogP contribution is -2.34. The largest absolute Gasteiger partial charge is 0.383 e. The van der Waals surface area contributed by atoms with Gasteiger partial charge >= 0.3 is 0 Å². The molecule has 6 nitrogen and oxygen atoms in total. The number of nitrogens with zero attached hydrogens (tertiary/aromatic N) is 3. The van der Waals surface area contributed by atoms with Gasteiger partial charge in [0.05, 0.1) is 28.0 Å². The smallest absolute Gasteiger partial charge is 0.142 e. The van der Waals surface area contributed by atoms with Crippen LogP contribution in [0.15, 0.2) is 42.6 Å². The summed E-state index contributed by atoms with van der Waals surface area (Å²) in [5.74, 6) is 0.119. The molecule has 0 radical (unpaired) electrons. The summed E-state index contributed by atoms with van der Waals surface area (Å²) in [4.78, 5) is 9.00. The zero-order chi connectivity index (χ0) is 20.4. The standard InChI is InChI=1S/C21H17Cl2N5O/c22-16-5-1-3-12(19(16)23)14-9-17(28-21(25)15(14)10-24)13-4-2-6-27-20(13)18-11-26-7-8-29-18/h1-6,9,18,26H,7-8,11H2,(H2,25,28). The topological polar surface area (TPSA) is 96.8 Å². The van der Waals surface area contributed by atoms with Gasteiger partial charge in [-0.1, -0.05) is 35.3 Å². The van der Waals surface area contributed by atoms with Gasteiger partial charge in [0.15, 0.2) is 0 Å². The molecule has 1 aromatic carbocycles. The molecule has 1 unspecified atom stereocenters. The van der Waals surface area contributed by atoms with Crippen LogP contribution in [0, 0.1) is 11.3 Å². The molecule has 29 heavy (non-hydrogen) atoms. The first-order valence-electron chi connectivity index (χ1n) is 9.02. The predicted molar refractivity (Wildman–Crippen MR) is 114 cm³/mol. The van der Waals surface area contributed by atoms with Crippen molar-refractivity contribution in [3.63, 3.8) is 0 Å². The molecular weight excluding hydrogens is 409 g/mol. The lowest BCUT2D eigenvalue weighted by Gasteiger charge is -2.25. The van der Waals surface area contributed by atoms with Crippen molar-refractivity contribution in [3.05, 3.63) is 63.9 Å². The van der Waals surface area contributed by atoms with Crippen LogP contribution in [0.25, 0.3) is 22.4 Å². The Balaban J connectivity index is 1.90. The van der Waals surface area contributed by atoms with E-state index in [4.69, 9.17) is 33.7 Å². The number of anilines is 1. The van der Waals surface area contributed by atoms with Crippen molar-refractivity contribution < 1.29 is 4.74 Å². The first-order chi connectivity index (χ1) is 14.1. The van der Waals surface area contributed by atoms with Gasteiger partial charge in [-0.2, -0.15) is 5.26 Å². The molecule has 8 heteroatoms. The van der Waals surface area contributed by atoms with Crippen LogP contribution in [0.2, 0.25) is 10.0 Å². The number of nitriles is 1. The van der Waals surface area contributed by atoms with E-state index in [1.807, 2.05) is 12.1 Å². The molecule has 4 rings (SSSR count). The Morgan fingerprint density at radius 1 is 1.17 bits per heavy atom. The fourth-order valence-corrected chi connectivity index (χ4v) is 3.78. The van der Waals surface area contributed by atoms with Crippen LogP contribution < -0.4 is 11.1 Å². The average molecular weight is 426 g/mol. The second kappa shape index (κ2) is 8.36. The highest BCUT2D eigenvalue weighted by molar-refractivity contribution is 6.43. The molecule has 3 N–H and O–H groups in total. The van der Waals surface area contributed by atoms with Gasteiger partial charge in [0.2, 0.25) is 0 Å². The zero-order valence-corrected chi connectivity index (χ0v) is 16.8. The highest BCUT2D eigenvalue weighted by Crippen LogP contribution is 2.39. The fourth-order valence-electron chi connectivity index (χ4n) is 3.38. The molecule has 1 aliphatic heterocycles. The third kappa shape index (κ3) is 3.78. The minimum absolute atomic E-state index is 0.119. The van der Waals surface area contributed by atoms with Crippen molar-refractivity contribution in [3.8, 4) is 28.5 Å². The van der Waals surface area contributed by atoms with E-state index >= 15 is 0 Å². The first-order valence-corrected chi connectivity index (χ1v) is 9.78. The summed E-state index contributed by atoms with van der Waals surface area (Å²) in [7, 11) is 0. The molecule has 1 saturated heterocycles. The molecule has 0 amide bonds. The third-order valence-corrected chi connectivity index (χ3v) is 5.57. The number of hydrogen-bond acceptors (Lipinski definition) is 6. The Hall–Kier alpha value is -2.69. The van der Waals surface area contributed by atoms with E-state index in [0.717, 1.165) is 17.8 Å². The molecule has 3 aromatic rings. The Labute approximate surface area is 178 Å². The van der Waals surface area contributed by atoms with Crippen molar-refractivity contribution in [1.29, 1.82) is 5.26 Å². The van der Waals surface area contributed by atoms with E-state index in [1.165, 1.54) is 0 Å². The zero-order valence-electron chi connectivity index (χ0n) is 15.3. The number of nitrogen functional groups attached to an aromatic ring is 1. The van der Waals surface area contributed by atoms with Gasteiger partial charge in [-0.05, 0) is 24.3 Å². The Kier molecular flexibility index (Phi) is 5.65. The number of rotatable bonds is 3. The molecule has 1 fully saturated rings. The van der Waals surface area contributed by atoms with Crippen LogP contribution in [0.4, 0.5) is 5.82 Å². The highest BCUT2D eigenvalue weighted by atomic mass is 35.5. The second-order valence-electron chi connectivity index (χ2n) is 6.53. The third-order valence-electron chi connectivity index (χ3n) is 4.75. The number of halogens is 2. The first kappa shape index (κ1) is 19.6. The van der Waals surface area contributed by atoms with Crippen molar-refractivity contribution in [2.75, 3.05) is 25.4 Å². The van der Waals surface area contributed by atoms with Gasteiger partial charge in [-0.15, -0.1) is 0 Å². The molecule has 1 aliphatic rings. The normalized spacial score (nSPS) is 16.4. The van der Waals surface area contributed by atoms with Gasteiger partial charge < -0.3 is 15.8 Å². The van der Waals surface area contributed by atoms with E-state index in [2.05, 4.69) is 21.4 Å². The van der Waals surface area contributed by atoms with E-state index in [9.17, 15) is 5.26 Å². The van der Waals surface area contributed by atoms with Crippen LogP contribution in [0.5, 0.6) is 0 Å². The quantitative estimate of drug-likeness (QED) is 0.651. The van der Waals surface area contributed by atoms with Crippen LogP contribution in [-0.2, 0) is 4.74 Å². The van der Waals surface area contributed by atoms with E-state index in [-0.39, 0.29) is 17.5 Å². The molecular formula is C21H17Cl2N5O. The van der Waals surface area contributed by atoms with Crippen LogP contribution in [0.1, 0.15) is 17.4 Å². The van der Waals surface area contributed by atoms with E-state index in [0.29, 0.717) is 40.0 Å². The Bertz CT molecular complexity index is 1110. The van der Waals surface area contributed by atoms with Gasteiger partial charge in [0.1, 0.15) is 23.6 Å². The van der Waals surface area contributed by atoms with Crippen molar-refractivity contribution in [1.82, 2.24) is 15.3 Å². The van der Waals surface area contributed by atoms with E-state index in [1.54, 1.807) is 30.5 Å². The van der Waals surface area contributed by atoms with Gasteiger partial charge in [-0.25, -0.2) is 4.98 Å². The SMILES string of the molecule is N#Cc1c(-c2cccc(Cl)c2Cl)cc(-c2cccnc2C2CNCCO2)nc1N. The summed E-state index contributed by atoms with van der Waals surface area (Å²) in [5.41, 5.74) is 9.73. The molecule has 0 saturated carbocycles. The van der Waals surface area contributed by atoms with Crippen molar-refractivity contribution >= 4 is 29.0 Å². The Morgan fingerprint density at radius 2 is 2.00 bits per heavy atom. The molecule has 2 aromatic heterocycles. The average Bonchev–Trinajstić information content (AvgIpc) is 2.76. The molecule has 0 spiro atoms. The Morgan fingerprint density at radius 3 is 2.76 bits per heavy atom. The van der Waals surface area contributed by atoms with Crippen molar-refractivity contribution in [2.45, 2.75) is 6.10 Å². The van der Waals surface area contributed by atoms with Gasteiger partial charge in [-0.3, -0.25) is 4.98 Å². The summed E-state index contributed by atoms with van der Waals surface area (Å²) in [5, 5.41) is 13.7. The molecule has 146 valence electrons. The molecule has 0 bridgehead atoms.